The van der Waals surface area contributed by atoms with E-state index in [9.17, 15) is 0 Å². The molecule has 1 atom stereocenters. The number of anilines is 1. The number of ether oxygens (including phenoxy) is 1. The number of rotatable bonds is 6. The number of pyridine rings is 1. The third kappa shape index (κ3) is 4.02. The molecule has 4 rings (SSSR count). The first-order valence-corrected chi connectivity index (χ1v) is 9.61. The van der Waals surface area contributed by atoms with Crippen molar-refractivity contribution >= 4 is 5.95 Å². The van der Waals surface area contributed by atoms with Gasteiger partial charge in [0.15, 0.2) is 0 Å². The highest BCUT2D eigenvalue weighted by atomic mass is 16.5. The monoisotopic (exact) mass is 353 g/mol. The zero-order chi connectivity index (χ0) is 17.8. The van der Waals surface area contributed by atoms with Gasteiger partial charge in [-0.15, -0.1) is 0 Å². The summed E-state index contributed by atoms with van der Waals surface area (Å²) < 4.78 is 5.52. The van der Waals surface area contributed by atoms with E-state index in [2.05, 4.69) is 39.2 Å². The minimum atomic E-state index is 0.240. The van der Waals surface area contributed by atoms with Crippen LogP contribution in [0.4, 0.5) is 5.95 Å². The molecule has 2 aliphatic rings. The topological polar surface area (TPSA) is 63.2 Å². The van der Waals surface area contributed by atoms with Crippen molar-refractivity contribution in [3.05, 3.63) is 47.5 Å². The predicted molar refractivity (Wildman–Crippen MR) is 101 cm³/mol. The largest absolute Gasteiger partial charge is 0.379 e. The average Bonchev–Trinajstić information content (AvgIpc) is 2.62. The Morgan fingerprint density at radius 3 is 2.81 bits per heavy atom. The summed E-state index contributed by atoms with van der Waals surface area (Å²) in [5.41, 5.74) is 3.44. The molecule has 2 fully saturated rings. The second-order valence-electron chi connectivity index (χ2n) is 7.22. The van der Waals surface area contributed by atoms with E-state index in [4.69, 9.17) is 9.72 Å². The molecule has 3 heterocycles. The van der Waals surface area contributed by atoms with E-state index in [0.717, 1.165) is 44.5 Å². The Hall–Kier alpha value is -2.05. The van der Waals surface area contributed by atoms with Crippen molar-refractivity contribution in [3.63, 3.8) is 0 Å². The first-order valence-electron chi connectivity index (χ1n) is 9.61. The van der Waals surface area contributed by atoms with Crippen LogP contribution in [0.25, 0.3) is 0 Å². The summed E-state index contributed by atoms with van der Waals surface area (Å²) in [4.78, 5) is 16.2. The molecule has 0 spiro atoms. The summed E-state index contributed by atoms with van der Waals surface area (Å²) in [6.07, 6.45) is 7.60. The van der Waals surface area contributed by atoms with Crippen molar-refractivity contribution in [3.8, 4) is 0 Å². The zero-order valence-electron chi connectivity index (χ0n) is 15.4. The van der Waals surface area contributed by atoms with Crippen LogP contribution in [0.3, 0.4) is 0 Å². The average molecular weight is 353 g/mol. The maximum atomic E-state index is 5.52. The summed E-state index contributed by atoms with van der Waals surface area (Å²) in [7, 11) is 0. The molecule has 0 radical (unpaired) electrons. The fourth-order valence-corrected chi connectivity index (χ4v) is 3.69. The summed E-state index contributed by atoms with van der Waals surface area (Å²) in [6.45, 7) is 6.24. The van der Waals surface area contributed by atoms with Crippen molar-refractivity contribution in [1.29, 1.82) is 0 Å². The maximum absolute atomic E-state index is 5.52. The Labute approximate surface area is 155 Å². The Kier molecular flexibility index (Phi) is 5.41. The Balaban J connectivity index is 1.50. The molecule has 2 aromatic rings. The molecule has 0 bridgehead atoms. The van der Waals surface area contributed by atoms with Gasteiger partial charge < -0.3 is 10.1 Å². The van der Waals surface area contributed by atoms with E-state index in [1.165, 1.54) is 30.5 Å². The Morgan fingerprint density at radius 1 is 1.27 bits per heavy atom. The van der Waals surface area contributed by atoms with Crippen molar-refractivity contribution in [1.82, 2.24) is 19.9 Å². The minimum Gasteiger partial charge on any atom is -0.379 e. The van der Waals surface area contributed by atoms with Gasteiger partial charge in [0.05, 0.1) is 19.3 Å². The van der Waals surface area contributed by atoms with E-state index in [-0.39, 0.29) is 6.04 Å². The van der Waals surface area contributed by atoms with Crippen LogP contribution in [0.5, 0.6) is 0 Å². The van der Waals surface area contributed by atoms with Gasteiger partial charge in [-0.2, -0.15) is 0 Å². The van der Waals surface area contributed by atoms with Gasteiger partial charge in [0.25, 0.3) is 0 Å². The lowest BCUT2D eigenvalue weighted by molar-refractivity contribution is 0.0186. The third-order valence-corrected chi connectivity index (χ3v) is 5.41. The number of hydrogen-bond acceptors (Lipinski definition) is 6. The maximum Gasteiger partial charge on any atom is 0.223 e. The van der Waals surface area contributed by atoms with Gasteiger partial charge in [0, 0.05) is 49.3 Å². The van der Waals surface area contributed by atoms with Gasteiger partial charge in [0.1, 0.15) is 0 Å². The normalized spacial score (nSPS) is 19.7. The lowest BCUT2D eigenvalue weighted by Gasteiger charge is -2.34. The SMILES string of the molecule is Cc1cc(C2CCC2)nc(NCC(c2cccnc2)N2CCOCC2)n1. The highest BCUT2D eigenvalue weighted by molar-refractivity contribution is 5.31. The van der Waals surface area contributed by atoms with Gasteiger partial charge in [-0.1, -0.05) is 12.5 Å². The Morgan fingerprint density at radius 2 is 2.12 bits per heavy atom. The third-order valence-electron chi connectivity index (χ3n) is 5.41. The van der Waals surface area contributed by atoms with Crippen molar-refractivity contribution in [2.75, 3.05) is 38.2 Å². The first kappa shape index (κ1) is 17.4. The van der Waals surface area contributed by atoms with Crippen LogP contribution in [0.1, 0.15) is 48.2 Å². The summed E-state index contributed by atoms with van der Waals surface area (Å²) in [6, 6.07) is 6.52. The van der Waals surface area contributed by atoms with Crippen LogP contribution in [0, 0.1) is 6.92 Å². The van der Waals surface area contributed by atoms with Crippen molar-refractivity contribution in [2.24, 2.45) is 0 Å². The smallest absolute Gasteiger partial charge is 0.223 e. The van der Waals surface area contributed by atoms with Crippen LogP contribution in [0.15, 0.2) is 30.6 Å². The van der Waals surface area contributed by atoms with Crippen molar-refractivity contribution < 1.29 is 4.74 Å². The number of hydrogen-bond donors (Lipinski definition) is 1. The van der Waals surface area contributed by atoms with Crippen molar-refractivity contribution in [2.45, 2.75) is 38.1 Å². The van der Waals surface area contributed by atoms with E-state index in [0.29, 0.717) is 5.92 Å². The molecular formula is C20H27N5O. The molecule has 6 nitrogen and oxygen atoms in total. The molecule has 26 heavy (non-hydrogen) atoms. The van der Waals surface area contributed by atoms with Crippen LogP contribution in [0.2, 0.25) is 0 Å². The molecule has 1 N–H and O–H groups in total. The van der Waals surface area contributed by atoms with Gasteiger partial charge in [-0.05, 0) is 37.5 Å². The first-order chi connectivity index (χ1) is 12.8. The lowest BCUT2D eigenvalue weighted by Crippen LogP contribution is -2.41. The lowest BCUT2D eigenvalue weighted by atomic mass is 9.83. The standard InChI is InChI=1S/C20H27N5O/c1-15-12-18(16-4-2-5-16)24-20(23-15)22-14-19(17-6-3-7-21-13-17)25-8-10-26-11-9-25/h3,6-7,12-13,16,19H,2,4-5,8-11,14H2,1H3,(H,22,23,24). The van der Waals surface area contributed by atoms with Crippen LogP contribution in [-0.2, 0) is 4.74 Å². The van der Waals surface area contributed by atoms with Crippen LogP contribution < -0.4 is 5.32 Å². The summed E-state index contributed by atoms with van der Waals surface area (Å²) in [5.74, 6) is 1.36. The van der Waals surface area contributed by atoms with E-state index < -0.39 is 0 Å². The Bertz CT molecular complexity index is 713. The van der Waals surface area contributed by atoms with Crippen LogP contribution >= 0.6 is 0 Å². The number of nitrogens with one attached hydrogen (secondary N) is 1. The van der Waals surface area contributed by atoms with Gasteiger partial charge in [-0.25, -0.2) is 9.97 Å². The molecular weight excluding hydrogens is 326 g/mol. The van der Waals surface area contributed by atoms with Gasteiger partial charge in [0.2, 0.25) is 5.95 Å². The highest BCUT2D eigenvalue weighted by Crippen LogP contribution is 2.35. The fourth-order valence-electron chi connectivity index (χ4n) is 3.69. The molecule has 1 saturated heterocycles. The minimum absolute atomic E-state index is 0.240. The van der Waals surface area contributed by atoms with Crippen LogP contribution in [-0.4, -0.2) is 52.7 Å². The number of morpholine rings is 1. The molecule has 1 aliphatic carbocycles. The molecule has 1 aliphatic heterocycles. The highest BCUT2D eigenvalue weighted by Gasteiger charge is 2.24. The second-order valence-corrected chi connectivity index (χ2v) is 7.22. The predicted octanol–water partition coefficient (Wildman–Crippen LogP) is 2.93. The van der Waals surface area contributed by atoms with E-state index in [1.54, 1.807) is 0 Å². The fraction of sp³-hybridized carbons (Fsp3) is 0.550. The molecule has 6 heteroatoms. The second kappa shape index (κ2) is 8.10. The number of aromatic nitrogens is 3. The molecule has 138 valence electrons. The number of nitrogens with zero attached hydrogens (tertiary/aromatic N) is 4. The quantitative estimate of drug-likeness (QED) is 0.861. The van der Waals surface area contributed by atoms with Gasteiger partial charge >= 0.3 is 0 Å². The number of aryl methyl sites for hydroxylation is 1. The van der Waals surface area contributed by atoms with E-state index in [1.807, 2.05) is 18.5 Å². The molecule has 1 saturated carbocycles. The van der Waals surface area contributed by atoms with Gasteiger partial charge in [-0.3, -0.25) is 9.88 Å². The summed E-state index contributed by atoms with van der Waals surface area (Å²) in [5, 5.41) is 3.49. The molecule has 0 aromatic carbocycles. The van der Waals surface area contributed by atoms with E-state index >= 15 is 0 Å². The molecule has 0 amide bonds. The molecule has 2 aromatic heterocycles. The molecule has 1 unspecified atom stereocenters. The zero-order valence-corrected chi connectivity index (χ0v) is 15.4. The summed E-state index contributed by atoms with van der Waals surface area (Å²) >= 11 is 0.